The quantitative estimate of drug-likeness (QED) is 0.472. The molecule has 0 aliphatic carbocycles. The normalized spacial score (nSPS) is 10.7. The van der Waals surface area contributed by atoms with Crippen LogP contribution < -0.4 is 16.0 Å². The number of aromatic nitrogens is 1. The SMILES string of the molecule is CCC(CC)(C(=O)ONC(C)=O)C(=O)Oc1ccc(N)cn1. The number of hydrogen-bond acceptors (Lipinski definition) is 7. The van der Waals surface area contributed by atoms with E-state index in [-0.39, 0.29) is 18.7 Å². The summed E-state index contributed by atoms with van der Waals surface area (Å²) in [5.74, 6) is -2.21. The summed E-state index contributed by atoms with van der Waals surface area (Å²) in [5.41, 5.74) is 6.31. The average molecular weight is 309 g/mol. The highest BCUT2D eigenvalue weighted by atomic mass is 16.7. The van der Waals surface area contributed by atoms with Gasteiger partial charge in [0.05, 0.1) is 11.9 Å². The monoisotopic (exact) mass is 309 g/mol. The van der Waals surface area contributed by atoms with Gasteiger partial charge in [0.1, 0.15) is 0 Å². The molecule has 1 amide bonds. The summed E-state index contributed by atoms with van der Waals surface area (Å²) in [6.07, 6.45) is 1.63. The van der Waals surface area contributed by atoms with E-state index in [9.17, 15) is 14.4 Å². The van der Waals surface area contributed by atoms with Gasteiger partial charge in [0.2, 0.25) is 11.8 Å². The standard InChI is InChI=1S/C14H19N3O5/c1-4-14(5-2,13(20)22-17-9(3)18)12(19)21-11-7-6-10(15)8-16-11/h6-8H,4-5,15H2,1-3H3,(H,17,18). The second kappa shape index (κ2) is 7.39. The van der Waals surface area contributed by atoms with Gasteiger partial charge in [-0.05, 0) is 18.9 Å². The molecule has 3 N–H and O–H groups in total. The van der Waals surface area contributed by atoms with Gasteiger partial charge in [-0.1, -0.05) is 13.8 Å². The van der Waals surface area contributed by atoms with Gasteiger partial charge in [-0.25, -0.2) is 9.78 Å². The summed E-state index contributed by atoms with van der Waals surface area (Å²) in [5, 5.41) is 0. The molecule has 0 aromatic carbocycles. The second-order valence-electron chi connectivity index (χ2n) is 4.66. The molecule has 1 aromatic rings. The van der Waals surface area contributed by atoms with E-state index >= 15 is 0 Å². The third-order valence-electron chi connectivity index (χ3n) is 3.23. The number of carbonyl (C=O) groups is 3. The van der Waals surface area contributed by atoms with Crippen molar-refractivity contribution in [3.05, 3.63) is 18.3 Å². The molecule has 8 nitrogen and oxygen atoms in total. The lowest BCUT2D eigenvalue weighted by molar-refractivity contribution is -0.176. The van der Waals surface area contributed by atoms with Crippen LogP contribution in [0.4, 0.5) is 5.69 Å². The summed E-state index contributed by atoms with van der Waals surface area (Å²) in [6.45, 7) is 4.48. The average Bonchev–Trinajstić information content (AvgIpc) is 2.49. The van der Waals surface area contributed by atoms with Gasteiger partial charge < -0.3 is 15.3 Å². The predicted octanol–water partition coefficient (Wildman–Crippen LogP) is 0.970. The summed E-state index contributed by atoms with van der Waals surface area (Å²) in [6, 6.07) is 2.94. The molecular formula is C14H19N3O5. The largest absolute Gasteiger partial charge is 0.407 e. The van der Waals surface area contributed by atoms with Crippen LogP contribution in [0, 0.1) is 5.41 Å². The van der Waals surface area contributed by atoms with E-state index in [1.54, 1.807) is 13.8 Å². The first-order valence-electron chi connectivity index (χ1n) is 6.77. The van der Waals surface area contributed by atoms with Crippen molar-refractivity contribution in [1.82, 2.24) is 10.5 Å². The molecule has 0 radical (unpaired) electrons. The van der Waals surface area contributed by atoms with Crippen LogP contribution in [-0.2, 0) is 19.2 Å². The maximum atomic E-state index is 12.4. The van der Waals surface area contributed by atoms with E-state index in [0.717, 1.165) is 0 Å². The second-order valence-corrected chi connectivity index (χ2v) is 4.66. The minimum atomic E-state index is -1.52. The number of nitrogens with zero attached hydrogens (tertiary/aromatic N) is 1. The first kappa shape index (κ1) is 17.4. The molecule has 0 aliphatic heterocycles. The van der Waals surface area contributed by atoms with Crippen LogP contribution in [0.1, 0.15) is 33.6 Å². The highest BCUT2D eigenvalue weighted by molar-refractivity contribution is 6.00. The van der Waals surface area contributed by atoms with E-state index in [1.165, 1.54) is 25.3 Å². The van der Waals surface area contributed by atoms with E-state index < -0.39 is 23.3 Å². The fourth-order valence-corrected chi connectivity index (χ4v) is 1.77. The summed E-state index contributed by atoms with van der Waals surface area (Å²) < 4.78 is 5.13. The van der Waals surface area contributed by atoms with Crippen molar-refractivity contribution in [2.24, 2.45) is 5.41 Å². The third-order valence-corrected chi connectivity index (χ3v) is 3.23. The number of hydrogen-bond donors (Lipinski definition) is 2. The molecular weight excluding hydrogens is 290 g/mol. The zero-order valence-electron chi connectivity index (χ0n) is 12.7. The Balaban J connectivity index is 2.92. The van der Waals surface area contributed by atoms with Crippen LogP contribution in [0.3, 0.4) is 0 Å². The molecule has 0 saturated carbocycles. The molecule has 0 spiro atoms. The van der Waals surface area contributed by atoms with Crippen LogP contribution in [0.15, 0.2) is 18.3 Å². The lowest BCUT2D eigenvalue weighted by Crippen LogP contribution is -2.45. The Hall–Kier alpha value is -2.64. The lowest BCUT2D eigenvalue weighted by Gasteiger charge is -2.25. The number of nitrogens with two attached hydrogens (primary N) is 1. The molecule has 1 rings (SSSR count). The number of carbonyl (C=O) groups excluding carboxylic acids is 3. The van der Waals surface area contributed by atoms with Crippen LogP contribution in [0.5, 0.6) is 5.88 Å². The number of amides is 1. The number of anilines is 1. The molecule has 0 saturated heterocycles. The van der Waals surface area contributed by atoms with Crippen molar-refractivity contribution in [1.29, 1.82) is 0 Å². The van der Waals surface area contributed by atoms with E-state index in [4.69, 9.17) is 10.5 Å². The van der Waals surface area contributed by atoms with Gasteiger partial charge in [-0.3, -0.25) is 9.59 Å². The van der Waals surface area contributed by atoms with Gasteiger partial charge in [0, 0.05) is 13.0 Å². The number of rotatable bonds is 5. The maximum absolute atomic E-state index is 12.4. The number of nitrogens with one attached hydrogen (secondary N) is 1. The van der Waals surface area contributed by atoms with Crippen molar-refractivity contribution < 1.29 is 24.0 Å². The number of nitrogen functional groups attached to an aromatic ring is 1. The molecule has 0 atom stereocenters. The summed E-state index contributed by atoms with van der Waals surface area (Å²) in [7, 11) is 0. The molecule has 8 heteroatoms. The Kier molecular flexibility index (Phi) is 5.85. The summed E-state index contributed by atoms with van der Waals surface area (Å²) in [4.78, 5) is 43.8. The summed E-state index contributed by atoms with van der Waals surface area (Å²) >= 11 is 0. The molecule has 1 heterocycles. The van der Waals surface area contributed by atoms with Crippen molar-refractivity contribution in [2.45, 2.75) is 33.6 Å². The molecule has 22 heavy (non-hydrogen) atoms. The molecule has 120 valence electrons. The maximum Gasteiger partial charge on any atom is 0.349 e. The van der Waals surface area contributed by atoms with Crippen molar-refractivity contribution in [3.8, 4) is 5.88 Å². The Morgan fingerprint density at radius 2 is 1.86 bits per heavy atom. The highest BCUT2D eigenvalue weighted by Gasteiger charge is 2.47. The Bertz CT molecular complexity index is 552. The van der Waals surface area contributed by atoms with Crippen LogP contribution in [-0.4, -0.2) is 22.8 Å². The van der Waals surface area contributed by atoms with Gasteiger partial charge in [0.25, 0.3) is 0 Å². The predicted molar refractivity (Wildman–Crippen MR) is 77.2 cm³/mol. The zero-order valence-corrected chi connectivity index (χ0v) is 12.7. The number of esters is 1. The topological polar surface area (TPSA) is 121 Å². The van der Waals surface area contributed by atoms with Crippen molar-refractivity contribution in [2.75, 3.05) is 5.73 Å². The molecule has 1 aromatic heterocycles. The zero-order chi connectivity index (χ0) is 16.8. The minimum absolute atomic E-state index is 0.0257. The van der Waals surface area contributed by atoms with Crippen LogP contribution in [0.25, 0.3) is 0 Å². The molecule has 0 bridgehead atoms. The number of pyridine rings is 1. The Morgan fingerprint density at radius 1 is 1.23 bits per heavy atom. The van der Waals surface area contributed by atoms with Gasteiger partial charge in [-0.15, -0.1) is 0 Å². The van der Waals surface area contributed by atoms with Crippen LogP contribution in [0.2, 0.25) is 0 Å². The van der Waals surface area contributed by atoms with Gasteiger partial charge >= 0.3 is 11.9 Å². The number of hydroxylamine groups is 1. The fourth-order valence-electron chi connectivity index (χ4n) is 1.77. The Labute approximate surface area is 127 Å². The fraction of sp³-hybridized carbons (Fsp3) is 0.429. The van der Waals surface area contributed by atoms with E-state index in [2.05, 4.69) is 9.82 Å². The highest BCUT2D eigenvalue weighted by Crippen LogP contribution is 2.30. The smallest absolute Gasteiger partial charge is 0.349 e. The van der Waals surface area contributed by atoms with E-state index in [0.29, 0.717) is 5.69 Å². The molecule has 0 unspecified atom stereocenters. The van der Waals surface area contributed by atoms with Crippen molar-refractivity contribution >= 4 is 23.5 Å². The first-order valence-corrected chi connectivity index (χ1v) is 6.77. The first-order chi connectivity index (χ1) is 10.4. The third kappa shape index (κ3) is 3.94. The Morgan fingerprint density at radius 3 is 2.32 bits per heavy atom. The minimum Gasteiger partial charge on any atom is -0.407 e. The lowest BCUT2D eigenvalue weighted by atomic mass is 9.82. The van der Waals surface area contributed by atoms with Crippen molar-refractivity contribution in [3.63, 3.8) is 0 Å². The van der Waals surface area contributed by atoms with Gasteiger partial charge in [-0.2, -0.15) is 5.48 Å². The van der Waals surface area contributed by atoms with E-state index in [1.807, 2.05) is 5.48 Å². The van der Waals surface area contributed by atoms with Crippen LogP contribution >= 0.6 is 0 Å². The molecule has 0 aliphatic rings. The molecule has 0 fully saturated rings. The number of ether oxygens (including phenoxy) is 1. The van der Waals surface area contributed by atoms with Gasteiger partial charge in [0.15, 0.2) is 5.41 Å².